The summed E-state index contributed by atoms with van der Waals surface area (Å²) >= 11 is 1.79. The zero-order chi connectivity index (χ0) is 11.4. The summed E-state index contributed by atoms with van der Waals surface area (Å²) in [6, 6.07) is 3.47. The first-order chi connectivity index (χ1) is 7.77. The average molecular weight is 237 g/mol. The molecule has 1 heterocycles. The zero-order valence-corrected chi connectivity index (χ0v) is 11.2. The van der Waals surface area contributed by atoms with Crippen molar-refractivity contribution in [3.8, 4) is 0 Å². The second-order valence-corrected chi connectivity index (χ2v) is 5.95. The third-order valence-corrected chi connectivity index (χ3v) is 4.57. The lowest BCUT2D eigenvalue weighted by Crippen LogP contribution is -2.35. The van der Waals surface area contributed by atoms with E-state index in [2.05, 4.69) is 36.0 Å². The number of thiophene rings is 1. The molecule has 2 heteroatoms. The summed E-state index contributed by atoms with van der Waals surface area (Å²) in [4.78, 5) is 0. The van der Waals surface area contributed by atoms with Crippen LogP contribution >= 0.6 is 11.3 Å². The van der Waals surface area contributed by atoms with E-state index in [0.717, 1.165) is 12.0 Å². The molecule has 0 amide bonds. The summed E-state index contributed by atoms with van der Waals surface area (Å²) in [5.74, 6) is 0.837. The molecule has 0 saturated heterocycles. The Morgan fingerprint density at radius 2 is 2.12 bits per heavy atom. The van der Waals surface area contributed by atoms with Crippen molar-refractivity contribution in [3.63, 3.8) is 0 Å². The number of nitrogens with one attached hydrogen (secondary N) is 1. The topological polar surface area (TPSA) is 12.0 Å². The summed E-state index contributed by atoms with van der Waals surface area (Å²) in [5, 5.41) is 8.25. The van der Waals surface area contributed by atoms with Crippen molar-refractivity contribution in [2.45, 2.75) is 58.0 Å². The van der Waals surface area contributed by atoms with Gasteiger partial charge in [0.25, 0.3) is 0 Å². The molecule has 0 spiro atoms. The molecule has 1 nitrogen and oxygen atoms in total. The Kier molecular flexibility index (Phi) is 4.42. The van der Waals surface area contributed by atoms with Gasteiger partial charge in [-0.1, -0.05) is 26.2 Å². The second kappa shape index (κ2) is 5.83. The van der Waals surface area contributed by atoms with Gasteiger partial charge in [-0.25, -0.2) is 0 Å². The molecule has 0 bridgehead atoms. The first kappa shape index (κ1) is 12.1. The van der Waals surface area contributed by atoms with Gasteiger partial charge in [-0.15, -0.1) is 0 Å². The molecule has 3 atom stereocenters. The number of hydrogen-bond donors (Lipinski definition) is 1. The molecular formula is C14H23NS. The van der Waals surface area contributed by atoms with Gasteiger partial charge in [0.2, 0.25) is 0 Å². The Balaban J connectivity index is 1.92. The predicted octanol–water partition coefficient (Wildman–Crippen LogP) is 4.37. The van der Waals surface area contributed by atoms with Gasteiger partial charge < -0.3 is 5.32 Å². The van der Waals surface area contributed by atoms with Crippen LogP contribution in [0.25, 0.3) is 0 Å². The molecule has 2 rings (SSSR count). The maximum atomic E-state index is 3.82. The van der Waals surface area contributed by atoms with E-state index in [1.165, 1.54) is 37.7 Å². The van der Waals surface area contributed by atoms with Gasteiger partial charge in [0.1, 0.15) is 0 Å². The number of rotatable bonds is 3. The van der Waals surface area contributed by atoms with Gasteiger partial charge in [0.15, 0.2) is 0 Å². The van der Waals surface area contributed by atoms with Crippen molar-refractivity contribution < 1.29 is 0 Å². The normalized spacial score (nSPS) is 28.6. The second-order valence-electron chi connectivity index (χ2n) is 5.17. The van der Waals surface area contributed by atoms with E-state index in [-0.39, 0.29) is 0 Å². The molecule has 1 aliphatic carbocycles. The molecule has 1 aromatic heterocycles. The highest BCUT2D eigenvalue weighted by molar-refractivity contribution is 7.07. The monoisotopic (exact) mass is 237 g/mol. The minimum Gasteiger partial charge on any atom is -0.307 e. The standard InChI is InChI=1S/C14H23NS/c1-11-6-4-3-5-7-14(11)15-12(2)13-8-9-16-10-13/h8-12,14-15H,3-7H2,1-2H3. The first-order valence-electron chi connectivity index (χ1n) is 6.55. The Bertz CT molecular complexity index is 294. The highest BCUT2D eigenvalue weighted by Crippen LogP contribution is 2.26. The Morgan fingerprint density at radius 3 is 2.88 bits per heavy atom. The van der Waals surface area contributed by atoms with Crippen LogP contribution in [0.15, 0.2) is 16.8 Å². The van der Waals surface area contributed by atoms with Crippen LogP contribution in [-0.2, 0) is 0 Å². The SMILES string of the molecule is CC(NC1CCCCCC1C)c1ccsc1. The third kappa shape index (κ3) is 3.08. The lowest BCUT2D eigenvalue weighted by atomic mass is 9.95. The molecule has 1 saturated carbocycles. The van der Waals surface area contributed by atoms with Crippen molar-refractivity contribution >= 4 is 11.3 Å². The van der Waals surface area contributed by atoms with Crippen LogP contribution in [0.2, 0.25) is 0 Å². The van der Waals surface area contributed by atoms with E-state index in [1.54, 1.807) is 11.3 Å². The average Bonchev–Trinajstić information content (AvgIpc) is 2.73. The third-order valence-electron chi connectivity index (χ3n) is 3.87. The fourth-order valence-electron chi connectivity index (χ4n) is 2.68. The van der Waals surface area contributed by atoms with Gasteiger partial charge in [0, 0.05) is 12.1 Å². The maximum Gasteiger partial charge on any atom is 0.0302 e. The van der Waals surface area contributed by atoms with E-state index in [0.29, 0.717) is 6.04 Å². The quantitative estimate of drug-likeness (QED) is 0.770. The van der Waals surface area contributed by atoms with Crippen LogP contribution < -0.4 is 5.32 Å². The lowest BCUT2D eigenvalue weighted by Gasteiger charge is -2.26. The fraction of sp³-hybridized carbons (Fsp3) is 0.714. The van der Waals surface area contributed by atoms with Crippen LogP contribution in [0.1, 0.15) is 57.6 Å². The van der Waals surface area contributed by atoms with Gasteiger partial charge in [-0.3, -0.25) is 0 Å². The van der Waals surface area contributed by atoms with Crippen molar-refractivity contribution in [2.24, 2.45) is 5.92 Å². The fourth-order valence-corrected chi connectivity index (χ4v) is 3.43. The van der Waals surface area contributed by atoms with Crippen molar-refractivity contribution in [1.29, 1.82) is 0 Å². The van der Waals surface area contributed by atoms with Crippen LogP contribution in [0.3, 0.4) is 0 Å². The molecule has 0 aliphatic heterocycles. The number of hydrogen-bond acceptors (Lipinski definition) is 2. The summed E-state index contributed by atoms with van der Waals surface area (Å²) in [6.45, 7) is 4.70. The summed E-state index contributed by atoms with van der Waals surface area (Å²) in [7, 11) is 0. The molecule has 0 radical (unpaired) electrons. The van der Waals surface area contributed by atoms with E-state index >= 15 is 0 Å². The lowest BCUT2D eigenvalue weighted by molar-refractivity contribution is 0.330. The summed E-state index contributed by atoms with van der Waals surface area (Å²) in [6.07, 6.45) is 7.00. The van der Waals surface area contributed by atoms with Crippen LogP contribution in [0, 0.1) is 5.92 Å². The first-order valence-corrected chi connectivity index (χ1v) is 7.50. The molecule has 0 aromatic carbocycles. The van der Waals surface area contributed by atoms with E-state index < -0.39 is 0 Å². The van der Waals surface area contributed by atoms with E-state index in [4.69, 9.17) is 0 Å². The smallest absolute Gasteiger partial charge is 0.0302 e. The molecule has 1 aliphatic rings. The Hall–Kier alpha value is -0.340. The van der Waals surface area contributed by atoms with Crippen LogP contribution in [0.5, 0.6) is 0 Å². The summed E-state index contributed by atoms with van der Waals surface area (Å²) in [5.41, 5.74) is 1.45. The van der Waals surface area contributed by atoms with Crippen molar-refractivity contribution in [3.05, 3.63) is 22.4 Å². The molecule has 1 aromatic rings. The largest absolute Gasteiger partial charge is 0.307 e. The Labute approximate surface area is 103 Å². The van der Waals surface area contributed by atoms with E-state index in [9.17, 15) is 0 Å². The molecule has 16 heavy (non-hydrogen) atoms. The molecule has 1 fully saturated rings. The van der Waals surface area contributed by atoms with E-state index in [1.807, 2.05) is 0 Å². The maximum absolute atomic E-state index is 3.82. The minimum atomic E-state index is 0.511. The van der Waals surface area contributed by atoms with Crippen molar-refractivity contribution in [2.75, 3.05) is 0 Å². The molecule has 3 unspecified atom stereocenters. The van der Waals surface area contributed by atoms with Gasteiger partial charge >= 0.3 is 0 Å². The summed E-state index contributed by atoms with van der Waals surface area (Å²) < 4.78 is 0. The Morgan fingerprint density at radius 1 is 1.31 bits per heavy atom. The van der Waals surface area contributed by atoms with Gasteiger partial charge in [-0.05, 0) is 48.1 Å². The highest BCUT2D eigenvalue weighted by Gasteiger charge is 2.21. The zero-order valence-electron chi connectivity index (χ0n) is 10.4. The molecule has 90 valence electrons. The predicted molar refractivity (Wildman–Crippen MR) is 71.9 cm³/mol. The molecule has 1 N–H and O–H groups in total. The van der Waals surface area contributed by atoms with Crippen LogP contribution in [0.4, 0.5) is 0 Å². The minimum absolute atomic E-state index is 0.511. The molecular weight excluding hydrogens is 214 g/mol. The van der Waals surface area contributed by atoms with Crippen LogP contribution in [-0.4, -0.2) is 6.04 Å². The van der Waals surface area contributed by atoms with Crippen molar-refractivity contribution in [1.82, 2.24) is 5.32 Å². The highest BCUT2D eigenvalue weighted by atomic mass is 32.1. The van der Waals surface area contributed by atoms with Gasteiger partial charge in [0.05, 0.1) is 0 Å². The van der Waals surface area contributed by atoms with Gasteiger partial charge in [-0.2, -0.15) is 11.3 Å².